The van der Waals surface area contributed by atoms with Crippen molar-refractivity contribution in [2.75, 3.05) is 11.4 Å². The maximum Gasteiger partial charge on any atom is 0.327 e. The number of nitrogens with one attached hydrogen (secondary N) is 1. The summed E-state index contributed by atoms with van der Waals surface area (Å²) in [6.07, 6.45) is 1.37. The molecule has 7 nitrogen and oxygen atoms in total. The third kappa shape index (κ3) is 1.99. The molecule has 0 atom stereocenters. The number of β-amino-alcohol motifs (C(OH)–C–C–N with tert-alkyl or cyclic N) is 2. The Morgan fingerprint density at radius 3 is 2.87 bits per heavy atom. The van der Waals surface area contributed by atoms with Gasteiger partial charge in [-0.1, -0.05) is 0 Å². The Bertz CT molecular complexity index is 411. The summed E-state index contributed by atoms with van der Waals surface area (Å²) < 4.78 is 0. The number of hydrogen-bond donors (Lipinski definition) is 3. The molecule has 0 aliphatic carbocycles. The summed E-state index contributed by atoms with van der Waals surface area (Å²) >= 11 is 5.54. The van der Waals surface area contributed by atoms with Gasteiger partial charge in [-0.15, -0.1) is 0 Å². The molecule has 2 rings (SSSR count). The smallest absolute Gasteiger partial charge is 0.327 e. The van der Waals surface area contributed by atoms with Gasteiger partial charge in [0.15, 0.2) is 0 Å². The fourth-order valence-corrected chi connectivity index (χ4v) is 1.37. The Balaban J connectivity index is 2.29. The molecular weight excluding hydrogens is 224 g/mol. The Kier molecular flexibility index (Phi) is 2.22. The van der Waals surface area contributed by atoms with Crippen LogP contribution in [0.15, 0.2) is 12.3 Å². The normalized spacial score (nSPS) is 19.1. The molecule has 15 heavy (non-hydrogen) atoms. The van der Waals surface area contributed by atoms with Gasteiger partial charge in [-0.05, 0) is 17.7 Å². The first-order valence-electron chi connectivity index (χ1n) is 4.01. The van der Waals surface area contributed by atoms with Crippen molar-refractivity contribution in [2.45, 2.75) is 5.91 Å². The van der Waals surface area contributed by atoms with Gasteiger partial charge in [0.1, 0.15) is 12.4 Å². The van der Waals surface area contributed by atoms with Crippen molar-refractivity contribution in [2.24, 2.45) is 0 Å². The monoisotopic (exact) mass is 230 g/mol. The largest absolute Gasteiger partial charge is 0.347 e. The van der Waals surface area contributed by atoms with Crippen molar-refractivity contribution >= 4 is 23.4 Å². The molecule has 1 aromatic heterocycles. The molecule has 1 aromatic rings. The molecule has 0 radical (unpaired) electrons. The van der Waals surface area contributed by atoms with Crippen molar-refractivity contribution in [3.05, 3.63) is 17.5 Å². The van der Waals surface area contributed by atoms with E-state index >= 15 is 0 Å². The van der Waals surface area contributed by atoms with Gasteiger partial charge in [0, 0.05) is 6.20 Å². The van der Waals surface area contributed by atoms with Gasteiger partial charge >= 0.3 is 6.03 Å². The number of amides is 2. The highest BCUT2D eigenvalue weighted by Crippen LogP contribution is 2.18. The zero-order valence-electron chi connectivity index (χ0n) is 7.38. The lowest BCUT2D eigenvalue weighted by molar-refractivity contribution is -0.155. The topological polar surface area (TPSA) is 98.6 Å². The van der Waals surface area contributed by atoms with Gasteiger partial charge in [0.05, 0.1) is 0 Å². The van der Waals surface area contributed by atoms with E-state index in [4.69, 9.17) is 11.6 Å². The van der Waals surface area contributed by atoms with Crippen LogP contribution in [0.1, 0.15) is 0 Å². The van der Waals surface area contributed by atoms with E-state index in [2.05, 4.69) is 9.97 Å². The molecule has 2 heterocycles. The lowest BCUT2D eigenvalue weighted by Gasteiger charge is -2.14. The maximum atomic E-state index is 11.3. The number of halogens is 1. The molecule has 1 aliphatic rings. The number of aliphatic hydroxyl groups is 2. The van der Waals surface area contributed by atoms with E-state index in [1.165, 1.54) is 12.3 Å². The van der Waals surface area contributed by atoms with E-state index in [1.807, 2.05) is 5.32 Å². The second-order valence-electron chi connectivity index (χ2n) is 3.02. The summed E-state index contributed by atoms with van der Waals surface area (Å²) in [5.41, 5.74) is 0. The Labute approximate surface area is 89.3 Å². The minimum atomic E-state index is -2.24. The van der Waals surface area contributed by atoms with E-state index < -0.39 is 11.9 Å². The van der Waals surface area contributed by atoms with Crippen LogP contribution in [0.4, 0.5) is 10.6 Å². The SMILES string of the molecule is O=C1NC(O)(O)CN1c1ccnc(Cl)n1. The number of carbonyl (C=O) groups is 1. The predicted octanol–water partition coefficient (Wildman–Crippen LogP) is -0.702. The van der Waals surface area contributed by atoms with Crippen LogP contribution in [-0.2, 0) is 0 Å². The fourth-order valence-electron chi connectivity index (χ4n) is 1.23. The Morgan fingerprint density at radius 1 is 1.60 bits per heavy atom. The van der Waals surface area contributed by atoms with Gasteiger partial charge in [-0.2, -0.15) is 0 Å². The predicted molar refractivity (Wildman–Crippen MR) is 50.1 cm³/mol. The van der Waals surface area contributed by atoms with Crippen molar-refractivity contribution in [1.82, 2.24) is 15.3 Å². The first-order valence-corrected chi connectivity index (χ1v) is 4.39. The Morgan fingerprint density at radius 2 is 2.33 bits per heavy atom. The molecule has 0 aromatic carbocycles. The van der Waals surface area contributed by atoms with E-state index in [0.29, 0.717) is 0 Å². The van der Waals surface area contributed by atoms with Crippen LogP contribution in [0.25, 0.3) is 0 Å². The highest BCUT2D eigenvalue weighted by molar-refractivity contribution is 6.28. The van der Waals surface area contributed by atoms with Crippen LogP contribution in [0.3, 0.4) is 0 Å². The highest BCUT2D eigenvalue weighted by Gasteiger charge is 2.40. The average Bonchev–Trinajstić information content (AvgIpc) is 2.40. The molecule has 8 heteroatoms. The van der Waals surface area contributed by atoms with E-state index in [-0.39, 0.29) is 17.6 Å². The summed E-state index contributed by atoms with van der Waals surface area (Å²) in [4.78, 5) is 19.8. The molecule has 1 fully saturated rings. The summed E-state index contributed by atoms with van der Waals surface area (Å²) in [7, 11) is 0. The molecule has 0 bridgehead atoms. The van der Waals surface area contributed by atoms with Crippen LogP contribution in [0, 0.1) is 0 Å². The van der Waals surface area contributed by atoms with Crippen LogP contribution in [0.2, 0.25) is 5.28 Å². The maximum absolute atomic E-state index is 11.3. The Hall–Kier alpha value is -1.44. The minimum absolute atomic E-state index is 0.0197. The molecule has 80 valence electrons. The van der Waals surface area contributed by atoms with Crippen LogP contribution in [-0.4, -0.2) is 38.7 Å². The van der Waals surface area contributed by atoms with Gasteiger partial charge < -0.3 is 10.2 Å². The first-order chi connectivity index (χ1) is 6.98. The van der Waals surface area contributed by atoms with Crippen LogP contribution in [0.5, 0.6) is 0 Å². The highest BCUT2D eigenvalue weighted by atomic mass is 35.5. The van der Waals surface area contributed by atoms with Crippen molar-refractivity contribution in [3.8, 4) is 0 Å². The molecule has 2 amide bonds. The number of hydrogen-bond acceptors (Lipinski definition) is 5. The second-order valence-corrected chi connectivity index (χ2v) is 3.35. The molecule has 1 aliphatic heterocycles. The first kappa shape index (κ1) is 10.1. The van der Waals surface area contributed by atoms with Gasteiger partial charge in [0.25, 0.3) is 5.91 Å². The summed E-state index contributed by atoms with van der Waals surface area (Å²) in [6.45, 7) is -0.320. The van der Waals surface area contributed by atoms with Gasteiger partial charge in [-0.3, -0.25) is 10.2 Å². The number of rotatable bonds is 1. The standard InChI is InChI=1S/C7H7ClN4O3/c8-5-9-2-1-4(10-5)12-3-7(14,15)11-6(12)13/h1-2,14-15H,3H2,(H,11,13). The van der Waals surface area contributed by atoms with Crippen molar-refractivity contribution in [1.29, 1.82) is 0 Å². The summed E-state index contributed by atoms with van der Waals surface area (Å²) in [6, 6.07) is 0.780. The minimum Gasteiger partial charge on any atom is -0.347 e. The van der Waals surface area contributed by atoms with Gasteiger partial charge in [0.2, 0.25) is 5.28 Å². The lowest BCUT2D eigenvalue weighted by atomic mass is 10.4. The second kappa shape index (κ2) is 3.30. The van der Waals surface area contributed by atoms with Crippen molar-refractivity contribution in [3.63, 3.8) is 0 Å². The van der Waals surface area contributed by atoms with E-state index in [9.17, 15) is 15.0 Å². The third-order valence-electron chi connectivity index (χ3n) is 1.82. The molecule has 0 spiro atoms. The zero-order chi connectivity index (χ0) is 11.1. The number of aromatic nitrogens is 2. The number of nitrogens with zero attached hydrogens (tertiary/aromatic N) is 3. The third-order valence-corrected chi connectivity index (χ3v) is 2.00. The van der Waals surface area contributed by atoms with E-state index in [0.717, 1.165) is 4.90 Å². The van der Waals surface area contributed by atoms with E-state index in [1.54, 1.807) is 0 Å². The molecule has 0 saturated carbocycles. The lowest BCUT2D eigenvalue weighted by Crippen LogP contribution is -2.42. The summed E-state index contributed by atoms with van der Waals surface area (Å²) in [5.74, 6) is -2.04. The van der Waals surface area contributed by atoms with Gasteiger partial charge in [-0.25, -0.2) is 14.8 Å². The number of anilines is 1. The molecule has 3 N–H and O–H groups in total. The quantitative estimate of drug-likeness (QED) is 0.438. The number of urea groups is 1. The number of carbonyl (C=O) groups excluding carboxylic acids is 1. The molecule has 1 saturated heterocycles. The zero-order valence-corrected chi connectivity index (χ0v) is 8.14. The van der Waals surface area contributed by atoms with Crippen molar-refractivity contribution < 1.29 is 15.0 Å². The fraction of sp³-hybridized carbons (Fsp3) is 0.286. The summed E-state index contributed by atoms with van der Waals surface area (Å²) in [5, 5.41) is 20.3. The average molecular weight is 231 g/mol. The van der Waals surface area contributed by atoms with Crippen LogP contribution >= 0.6 is 11.6 Å². The molecule has 0 unspecified atom stereocenters. The van der Waals surface area contributed by atoms with Crippen LogP contribution < -0.4 is 10.2 Å². The molecular formula is C7H7ClN4O3.